The van der Waals surface area contributed by atoms with E-state index in [1.54, 1.807) is 23.9 Å². The Morgan fingerprint density at radius 1 is 0.964 bits per heavy atom. The number of hydrogen-bond donors (Lipinski definition) is 1. The van der Waals surface area contributed by atoms with Crippen LogP contribution < -0.4 is 5.32 Å². The van der Waals surface area contributed by atoms with Crippen molar-refractivity contribution in [3.63, 3.8) is 0 Å². The maximum Gasteiger partial charge on any atom is 0.257 e. The molecular weight excluding hydrogens is 482 g/mol. The predicted molar refractivity (Wildman–Crippen MR) is 117 cm³/mol. The molecule has 0 heterocycles. The van der Waals surface area contributed by atoms with Crippen LogP contribution in [-0.4, -0.2) is 20.6 Å². The lowest BCUT2D eigenvalue weighted by Gasteiger charge is -2.09. The number of carbonyl (C=O) groups is 1. The molecule has 0 aromatic heterocycles. The summed E-state index contributed by atoms with van der Waals surface area (Å²) in [4.78, 5) is 14.7. The second-order valence-corrected chi connectivity index (χ2v) is 10.4. The van der Waals surface area contributed by atoms with Crippen molar-refractivity contribution in [2.75, 3.05) is 11.6 Å². The fourth-order valence-electron chi connectivity index (χ4n) is 2.35. The minimum absolute atomic E-state index is 0.0726. The molecule has 144 valence electrons. The van der Waals surface area contributed by atoms with Gasteiger partial charge < -0.3 is 5.32 Å². The zero-order valence-corrected chi connectivity index (χ0v) is 18.6. The maximum absolute atomic E-state index is 12.4. The van der Waals surface area contributed by atoms with Crippen molar-refractivity contribution >= 4 is 60.7 Å². The summed E-state index contributed by atoms with van der Waals surface area (Å²) >= 11 is 11.1. The smallest absolute Gasteiger partial charge is 0.257 e. The highest BCUT2D eigenvalue weighted by Crippen LogP contribution is 2.30. The van der Waals surface area contributed by atoms with Gasteiger partial charge in [-0.3, -0.25) is 4.79 Å². The normalized spacial score (nSPS) is 11.2. The van der Waals surface area contributed by atoms with Crippen molar-refractivity contribution in [2.45, 2.75) is 14.7 Å². The fraction of sp³-hybridized carbons (Fsp3) is 0.0500. The standard InChI is InChI=1S/C20H15BrClNO3S2/c1-28(25,26)17-10-11-18(19(22)12-17)20(24)23-14-4-8-16(9-5-14)27-15-6-2-13(21)3-7-15/h2-12H,1H3,(H,23,24). The minimum atomic E-state index is -3.38. The van der Waals surface area contributed by atoms with E-state index in [9.17, 15) is 13.2 Å². The molecule has 0 aliphatic rings. The number of benzene rings is 3. The van der Waals surface area contributed by atoms with Crippen LogP contribution in [0.25, 0.3) is 0 Å². The van der Waals surface area contributed by atoms with Gasteiger partial charge in [0, 0.05) is 26.2 Å². The number of halogens is 2. The first kappa shape index (κ1) is 20.9. The number of carbonyl (C=O) groups excluding carboxylic acids is 1. The zero-order chi connectivity index (χ0) is 20.3. The Hall–Kier alpha value is -1.80. The van der Waals surface area contributed by atoms with E-state index in [1.165, 1.54) is 18.2 Å². The number of sulfone groups is 1. The molecule has 0 radical (unpaired) electrons. The fourth-order valence-corrected chi connectivity index (χ4v) is 4.41. The first-order valence-electron chi connectivity index (χ1n) is 8.07. The Morgan fingerprint density at radius 3 is 2.07 bits per heavy atom. The third-order valence-electron chi connectivity index (χ3n) is 3.77. The molecule has 8 heteroatoms. The van der Waals surface area contributed by atoms with E-state index in [2.05, 4.69) is 21.2 Å². The number of hydrogen-bond acceptors (Lipinski definition) is 4. The van der Waals surface area contributed by atoms with Crippen LogP contribution in [-0.2, 0) is 9.84 Å². The summed E-state index contributed by atoms with van der Waals surface area (Å²) in [5, 5.41) is 2.85. The number of rotatable bonds is 5. The lowest BCUT2D eigenvalue weighted by atomic mass is 10.2. The number of nitrogens with one attached hydrogen (secondary N) is 1. The average Bonchev–Trinajstić information content (AvgIpc) is 2.64. The van der Waals surface area contributed by atoms with Crippen LogP contribution >= 0.6 is 39.3 Å². The Balaban J connectivity index is 1.70. The van der Waals surface area contributed by atoms with Crippen LogP contribution in [0.3, 0.4) is 0 Å². The van der Waals surface area contributed by atoms with Crippen molar-refractivity contribution in [1.82, 2.24) is 0 Å². The highest BCUT2D eigenvalue weighted by molar-refractivity contribution is 9.10. The van der Waals surface area contributed by atoms with Gasteiger partial charge in [-0.15, -0.1) is 0 Å². The summed E-state index contributed by atoms with van der Waals surface area (Å²) in [5.74, 6) is -0.404. The molecule has 0 aliphatic heterocycles. The minimum Gasteiger partial charge on any atom is -0.322 e. The van der Waals surface area contributed by atoms with Gasteiger partial charge in [0.15, 0.2) is 9.84 Å². The number of anilines is 1. The third kappa shape index (κ3) is 5.38. The van der Waals surface area contributed by atoms with Crippen molar-refractivity contribution in [2.24, 2.45) is 0 Å². The zero-order valence-electron chi connectivity index (χ0n) is 14.6. The lowest BCUT2D eigenvalue weighted by Crippen LogP contribution is -2.13. The van der Waals surface area contributed by atoms with Crippen LogP contribution in [0.4, 0.5) is 5.69 Å². The van der Waals surface area contributed by atoms with E-state index in [4.69, 9.17) is 11.6 Å². The Bertz CT molecular complexity index is 1120. The SMILES string of the molecule is CS(=O)(=O)c1ccc(C(=O)Nc2ccc(Sc3ccc(Br)cc3)cc2)c(Cl)c1. The van der Waals surface area contributed by atoms with Gasteiger partial charge in [-0.2, -0.15) is 0 Å². The molecule has 0 unspecified atom stereocenters. The first-order chi connectivity index (χ1) is 13.2. The Labute approximate surface area is 181 Å². The monoisotopic (exact) mass is 495 g/mol. The molecule has 4 nitrogen and oxygen atoms in total. The van der Waals surface area contributed by atoms with Crippen LogP contribution in [0.5, 0.6) is 0 Å². The lowest BCUT2D eigenvalue weighted by molar-refractivity contribution is 0.102. The third-order valence-corrected chi connectivity index (χ3v) is 6.74. The van der Waals surface area contributed by atoms with Crippen LogP contribution in [0.2, 0.25) is 5.02 Å². The van der Waals surface area contributed by atoms with Gasteiger partial charge in [0.1, 0.15) is 0 Å². The first-order valence-corrected chi connectivity index (χ1v) is 11.9. The molecule has 0 fully saturated rings. The highest BCUT2D eigenvalue weighted by atomic mass is 79.9. The van der Waals surface area contributed by atoms with Crippen LogP contribution in [0.1, 0.15) is 10.4 Å². The van der Waals surface area contributed by atoms with Gasteiger partial charge in [0.2, 0.25) is 0 Å². The van der Waals surface area contributed by atoms with E-state index in [0.29, 0.717) is 5.69 Å². The van der Waals surface area contributed by atoms with Gasteiger partial charge in [-0.1, -0.05) is 39.3 Å². The molecular formula is C20H15BrClNO3S2. The van der Waals surface area contributed by atoms with E-state index >= 15 is 0 Å². The molecule has 0 spiro atoms. The summed E-state index contributed by atoms with van der Waals surface area (Å²) in [7, 11) is -3.38. The molecule has 3 aromatic carbocycles. The van der Waals surface area contributed by atoms with Crippen molar-refractivity contribution in [3.8, 4) is 0 Å². The maximum atomic E-state index is 12.4. The van der Waals surface area contributed by atoms with Crippen molar-refractivity contribution in [1.29, 1.82) is 0 Å². The molecule has 3 aromatic rings. The molecule has 1 N–H and O–H groups in total. The summed E-state index contributed by atoms with van der Waals surface area (Å²) < 4.78 is 24.2. The Morgan fingerprint density at radius 2 is 1.54 bits per heavy atom. The second kappa shape index (κ2) is 8.69. The van der Waals surface area contributed by atoms with Gasteiger partial charge in [-0.05, 0) is 66.7 Å². The van der Waals surface area contributed by atoms with Gasteiger partial charge in [0.25, 0.3) is 5.91 Å². The Kier molecular flexibility index (Phi) is 6.50. The largest absolute Gasteiger partial charge is 0.322 e. The summed E-state index contributed by atoms with van der Waals surface area (Å²) in [6.07, 6.45) is 1.09. The number of amides is 1. The molecule has 0 bridgehead atoms. The van der Waals surface area contributed by atoms with Gasteiger partial charge >= 0.3 is 0 Å². The molecule has 0 atom stereocenters. The molecule has 0 aliphatic carbocycles. The van der Waals surface area contributed by atoms with Crippen LogP contribution in [0, 0.1) is 0 Å². The summed E-state index contributed by atoms with van der Waals surface area (Å²) in [6, 6.07) is 19.5. The quantitative estimate of drug-likeness (QED) is 0.477. The molecule has 0 saturated heterocycles. The topological polar surface area (TPSA) is 63.2 Å². The van der Waals surface area contributed by atoms with E-state index in [1.807, 2.05) is 36.4 Å². The highest BCUT2D eigenvalue weighted by Gasteiger charge is 2.15. The van der Waals surface area contributed by atoms with Crippen molar-refractivity contribution < 1.29 is 13.2 Å². The predicted octanol–water partition coefficient (Wildman–Crippen LogP) is 5.91. The van der Waals surface area contributed by atoms with Crippen molar-refractivity contribution in [3.05, 3.63) is 81.8 Å². The summed E-state index contributed by atoms with van der Waals surface area (Å²) in [6.45, 7) is 0. The van der Waals surface area contributed by atoms with Gasteiger partial charge in [-0.25, -0.2) is 8.42 Å². The molecule has 0 saturated carbocycles. The second-order valence-electron chi connectivity index (χ2n) is 5.95. The molecule has 3 rings (SSSR count). The molecule has 28 heavy (non-hydrogen) atoms. The average molecular weight is 497 g/mol. The molecule has 1 amide bonds. The van der Waals surface area contributed by atoms with E-state index < -0.39 is 15.7 Å². The van der Waals surface area contributed by atoms with E-state index in [0.717, 1.165) is 20.5 Å². The summed E-state index contributed by atoms with van der Waals surface area (Å²) in [5.41, 5.74) is 0.829. The van der Waals surface area contributed by atoms with E-state index in [-0.39, 0.29) is 15.5 Å². The van der Waals surface area contributed by atoms with Crippen LogP contribution in [0.15, 0.2) is 85.9 Å². The van der Waals surface area contributed by atoms with Gasteiger partial charge in [0.05, 0.1) is 15.5 Å².